The lowest BCUT2D eigenvalue weighted by Crippen LogP contribution is -2.43. The fraction of sp³-hybridized carbons (Fsp3) is 0.923. The van der Waals surface area contributed by atoms with E-state index >= 15 is 0 Å². The van der Waals surface area contributed by atoms with Gasteiger partial charge < -0.3 is 10.2 Å². The molecule has 2 heterocycles. The fourth-order valence-corrected chi connectivity index (χ4v) is 3.94. The first-order valence-corrected chi connectivity index (χ1v) is 7.81. The second kappa shape index (κ2) is 6.10. The minimum atomic E-state index is 0.288. The molecule has 4 heteroatoms. The van der Waals surface area contributed by atoms with E-state index in [1.165, 1.54) is 37.9 Å². The van der Waals surface area contributed by atoms with Crippen LogP contribution in [0.4, 0.5) is 0 Å². The van der Waals surface area contributed by atoms with E-state index in [4.69, 9.17) is 0 Å². The molecule has 0 spiro atoms. The predicted octanol–water partition coefficient (Wildman–Crippen LogP) is 1.87. The Kier molecular flexibility index (Phi) is 4.74. The summed E-state index contributed by atoms with van der Waals surface area (Å²) in [7, 11) is 0. The summed E-state index contributed by atoms with van der Waals surface area (Å²) in [4.78, 5) is 13.9. The number of carbonyl (C=O) groups is 1. The van der Waals surface area contributed by atoms with Gasteiger partial charge in [-0.2, -0.15) is 11.8 Å². The van der Waals surface area contributed by atoms with Gasteiger partial charge in [-0.25, -0.2) is 0 Å². The first kappa shape index (κ1) is 13.2. The van der Waals surface area contributed by atoms with Gasteiger partial charge in [0, 0.05) is 24.4 Å². The van der Waals surface area contributed by atoms with Crippen LogP contribution in [0.3, 0.4) is 0 Å². The van der Waals surface area contributed by atoms with Crippen LogP contribution in [-0.4, -0.2) is 47.5 Å². The monoisotopic (exact) mass is 256 g/mol. The van der Waals surface area contributed by atoms with E-state index in [0.29, 0.717) is 11.3 Å². The van der Waals surface area contributed by atoms with E-state index < -0.39 is 0 Å². The highest BCUT2D eigenvalue weighted by atomic mass is 32.2. The molecule has 0 saturated carbocycles. The lowest BCUT2D eigenvalue weighted by atomic mass is 10.1. The van der Waals surface area contributed by atoms with Gasteiger partial charge in [-0.1, -0.05) is 0 Å². The van der Waals surface area contributed by atoms with E-state index in [1.54, 1.807) is 0 Å². The van der Waals surface area contributed by atoms with Crippen LogP contribution in [0.2, 0.25) is 0 Å². The van der Waals surface area contributed by atoms with Crippen molar-refractivity contribution < 1.29 is 4.79 Å². The molecule has 98 valence electrons. The maximum absolute atomic E-state index is 11.9. The molecule has 2 rings (SSSR count). The largest absolute Gasteiger partial charge is 0.342 e. The standard InChI is InChI=1S/C13H24N2OS/c1-13(6-5-9-17-13)11-14-10-12(16)15-7-3-2-4-8-15/h14H,2-11H2,1H3. The van der Waals surface area contributed by atoms with Crippen LogP contribution in [-0.2, 0) is 4.79 Å². The molecule has 17 heavy (non-hydrogen) atoms. The molecular weight excluding hydrogens is 232 g/mol. The Balaban J connectivity index is 1.65. The first-order chi connectivity index (χ1) is 8.20. The van der Waals surface area contributed by atoms with Gasteiger partial charge in [0.05, 0.1) is 6.54 Å². The molecule has 0 radical (unpaired) electrons. The van der Waals surface area contributed by atoms with Crippen molar-refractivity contribution in [3.8, 4) is 0 Å². The zero-order valence-electron chi connectivity index (χ0n) is 10.8. The highest BCUT2D eigenvalue weighted by molar-refractivity contribution is 8.00. The third-order valence-electron chi connectivity index (χ3n) is 3.78. The minimum Gasteiger partial charge on any atom is -0.342 e. The maximum atomic E-state index is 11.9. The average Bonchev–Trinajstić information content (AvgIpc) is 2.77. The molecule has 0 aromatic carbocycles. The van der Waals surface area contributed by atoms with Crippen molar-refractivity contribution in [3.63, 3.8) is 0 Å². The second-order valence-corrected chi connectivity index (χ2v) is 7.13. The topological polar surface area (TPSA) is 32.3 Å². The molecule has 1 unspecified atom stereocenters. The Morgan fingerprint density at radius 2 is 2.06 bits per heavy atom. The van der Waals surface area contributed by atoms with E-state index in [1.807, 2.05) is 16.7 Å². The number of piperidine rings is 1. The van der Waals surface area contributed by atoms with Crippen LogP contribution < -0.4 is 5.32 Å². The molecule has 2 aliphatic heterocycles. The number of nitrogens with one attached hydrogen (secondary N) is 1. The Bertz CT molecular complexity index is 258. The number of hydrogen-bond donors (Lipinski definition) is 1. The third-order valence-corrected chi connectivity index (χ3v) is 5.32. The van der Waals surface area contributed by atoms with Crippen molar-refractivity contribution in [1.82, 2.24) is 10.2 Å². The molecule has 1 N–H and O–H groups in total. The Labute approximate surface area is 109 Å². The van der Waals surface area contributed by atoms with Gasteiger partial charge in [-0.15, -0.1) is 0 Å². The Morgan fingerprint density at radius 3 is 2.71 bits per heavy atom. The molecule has 3 nitrogen and oxygen atoms in total. The fourth-order valence-electron chi connectivity index (χ4n) is 2.67. The van der Waals surface area contributed by atoms with E-state index in [2.05, 4.69) is 12.2 Å². The molecular formula is C13H24N2OS. The lowest BCUT2D eigenvalue weighted by Gasteiger charge is -2.28. The summed E-state index contributed by atoms with van der Waals surface area (Å²) in [6, 6.07) is 0. The molecule has 0 aromatic rings. The Morgan fingerprint density at radius 1 is 1.29 bits per heavy atom. The van der Waals surface area contributed by atoms with Gasteiger partial charge in [-0.05, 0) is 44.8 Å². The zero-order valence-corrected chi connectivity index (χ0v) is 11.7. The summed E-state index contributed by atoms with van der Waals surface area (Å²) < 4.78 is 0.363. The molecule has 2 saturated heterocycles. The highest BCUT2D eigenvalue weighted by Crippen LogP contribution is 2.36. The highest BCUT2D eigenvalue weighted by Gasteiger charge is 2.29. The molecule has 0 aromatic heterocycles. The van der Waals surface area contributed by atoms with Crippen molar-refractivity contribution in [2.45, 2.75) is 43.8 Å². The van der Waals surface area contributed by atoms with Crippen LogP contribution in [0, 0.1) is 0 Å². The van der Waals surface area contributed by atoms with Gasteiger partial charge in [0.2, 0.25) is 5.91 Å². The number of amides is 1. The molecule has 1 atom stereocenters. The molecule has 0 aliphatic carbocycles. The SMILES string of the molecule is CC1(CNCC(=O)N2CCCCC2)CCCS1. The Hall–Kier alpha value is -0.220. The number of thioether (sulfide) groups is 1. The number of hydrogen-bond acceptors (Lipinski definition) is 3. The summed E-state index contributed by atoms with van der Waals surface area (Å²) in [5, 5.41) is 3.35. The van der Waals surface area contributed by atoms with Gasteiger partial charge >= 0.3 is 0 Å². The van der Waals surface area contributed by atoms with Gasteiger partial charge in [0.25, 0.3) is 0 Å². The van der Waals surface area contributed by atoms with Crippen LogP contribution in [0.5, 0.6) is 0 Å². The number of likely N-dealkylation sites (tertiary alicyclic amines) is 1. The minimum absolute atomic E-state index is 0.288. The van der Waals surface area contributed by atoms with Crippen molar-refractivity contribution >= 4 is 17.7 Å². The molecule has 0 bridgehead atoms. The van der Waals surface area contributed by atoms with Crippen molar-refractivity contribution in [2.24, 2.45) is 0 Å². The van der Waals surface area contributed by atoms with Gasteiger partial charge in [0.1, 0.15) is 0 Å². The maximum Gasteiger partial charge on any atom is 0.236 e. The average molecular weight is 256 g/mol. The summed E-state index contributed by atoms with van der Waals surface area (Å²) in [5.74, 6) is 1.56. The smallest absolute Gasteiger partial charge is 0.236 e. The zero-order chi connectivity index (χ0) is 12.1. The summed E-state index contributed by atoms with van der Waals surface area (Å²) in [5.41, 5.74) is 0. The summed E-state index contributed by atoms with van der Waals surface area (Å²) in [6.45, 7) is 5.73. The van der Waals surface area contributed by atoms with E-state index in [0.717, 1.165) is 19.6 Å². The third kappa shape index (κ3) is 3.88. The predicted molar refractivity (Wildman–Crippen MR) is 73.4 cm³/mol. The number of carbonyl (C=O) groups excluding carboxylic acids is 1. The lowest BCUT2D eigenvalue weighted by molar-refractivity contribution is -0.131. The molecule has 2 aliphatic rings. The first-order valence-electron chi connectivity index (χ1n) is 6.82. The summed E-state index contributed by atoms with van der Waals surface area (Å²) >= 11 is 2.04. The van der Waals surface area contributed by atoms with Crippen molar-refractivity contribution in [3.05, 3.63) is 0 Å². The quantitative estimate of drug-likeness (QED) is 0.833. The number of rotatable bonds is 4. The molecule has 1 amide bonds. The van der Waals surface area contributed by atoms with Crippen LogP contribution in [0.1, 0.15) is 39.0 Å². The number of nitrogens with zero attached hydrogens (tertiary/aromatic N) is 1. The van der Waals surface area contributed by atoms with Crippen molar-refractivity contribution in [2.75, 3.05) is 31.9 Å². The van der Waals surface area contributed by atoms with Crippen LogP contribution >= 0.6 is 11.8 Å². The van der Waals surface area contributed by atoms with Crippen LogP contribution in [0.25, 0.3) is 0 Å². The van der Waals surface area contributed by atoms with Crippen LogP contribution in [0.15, 0.2) is 0 Å². The van der Waals surface area contributed by atoms with E-state index in [9.17, 15) is 4.79 Å². The van der Waals surface area contributed by atoms with Crippen molar-refractivity contribution in [1.29, 1.82) is 0 Å². The van der Waals surface area contributed by atoms with Gasteiger partial charge in [0.15, 0.2) is 0 Å². The normalized spacial score (nSPS) is 29.6. The summed E-state index contributed by atoms with van der Waals surface area (Å²) in [6.07, 6.45) is 6.25. The molecule has 2 fully saturated rings. The van der Waals surface area contributed by atoms with E-state index in [-0.39, 0.29) is 5.91 Å². The van der Waals surface area contributed by atoms with Gasteiger partial charge in [-0.3, -0.25) is 4.79 Å². The second-order valence-electron chi connectivity index (χ2n) is 5.45.